The average molecular weight is 1040 g/mol. The summed E-state index contributed by atoms with van der Waals surface area (Å²) in [5, 5.41) is 9.57. The van der Waals surface area contributed by atoms with E-state index in [1.54, 1.807) is 0 Å². The third-order valence-corrected chi connectivity index (χ3v) is 17.1. The molecular weight excluding hydrogens is 995 g/mol. The van der Waals surface area contributed by atoms with Gasteiger partial charge in [0.15, 0.2) is 0 Å². The zero-order valence-electron chi connectivity index (χ0n) is 44.5. The van der Waals surface area contributed by atoms with E-state index in [0.29, 0.717) is 0 Å². The Hall–Kier alpha value is -10.9. The summed E-state index contributed by atoms with van der Waals surface area (Å²) in [6.07, 6.45) is 0. The number of hydrogen-bond donors (Lipinski definition) is 0. The predicted octanol–water partition coefficient (Wildman–Crippen LogP) is 21.2. The van der Waals surface area contributed by atoms with E-state index in [2.05, 4.69) is 299 Å². The molecule has 0 saturated heterocycles. The molecule has 0 spiro atoms. The Morgan fingerprint density at radius 1 is 0.195 bits per heavy atom. The van der Waals surface area contributed by atoms with Gasteiger partial charge in [0.25, 0.3) is 0 Å². The smallest absolute Gasteiger partial charge is 0.136 e. The van der Waals surface area contributed by atoms with E-state index in [1.165, 1.54) is 71.1 Å². The second kappa shape index (κ2) is 18.3. The molecule has 0 aliphatic rings. The van der Waals surface area contributed by atoms with Crippen molar-refractivity contribution in [2.24, 2.45) is 0 Å². The van der Waals surface area contributed by atoms with Crippen molar-refractivity contribution < 1.29 is 4.42 Å². The Morgan fingerprint density at radius 3 is 1.15 bits per heavy atom. The van der Waals surface area contributed by atoms with Crippen LogP contribution in [-0.2, 0) is 0 Å². The maximum absolute atomic E-state index is 6.41. The van der Waals surface area contributed by atoms with Crippen LogP contribution in [0.1, 0.15) is 0 Å². The first-order chi connectivity index (χ1) is 40.6. The lowest BCUT2D eigenvalue weighted by Crippen LogP contribution is -1.98. The maximum atomic E-state index is 6.41. The molecule has 4 heterocycles. The molecule has 0 radical (unpaired) electrons. The van der Waals surface area contributed by atoms with Crippen LogP contribution in [0.25, 0.3) is 160 Å². The van der Waals surface area contributed by atoms with Gasteiger partial charge in [-0.25, -0.2) is 0 Å². The van der Waals surface area contributed by atoms with E-state index in [1.807, 2.05) is 12.1 Å². The molecule has 4 nitrogen and oxygen atoms in total. The lowest BCUT2D eigenvalue weighted by molar-refractivity contribution is 0.669. The second-order valence-electron chi connectivity index (χ2n) is 21.6. The van der Waals surface area contributed by atoms with E-state index in [-0.39, 0.29) is 0 Å². The molecule has 0 unspecified atom stereocenters. The molecule has 17 aromatic rings. The molecule has 17 rings (SSSR count). The summed E-state index contributed by atoms with van der Waals surface area (Å²) in [5.41, 5.74) is 23.9. The topological polar surface area (TPSA) is 27.9 Å². The van der Waals surface area contributed by atoms with Gasteiger partial charge in [0, 0.05) is 60.0 Å². The highest BCUT2D eigenvalue weighted by Crippen LogP contribution is 2.44. The number of fused-ring (bicyclic) bond motifs is 12. The first-order valence-corrected chi connectivity index (χ1v) is 28.1. The summed E-state index contributed by atoms with van der Waals surface area (Å²) < 4.78 is 13.7. The van der Waals surface area contributed by atoms with E-state index >= 15 is 0 Å². The molecule has 0 saturated carbocycles. The Balaban J connectivity index is 0.811. The van der Waals surface area contributed by atoms with Crippen LogP contribution in [-0.4, -0.2) is 13.7 Å². The number of nitrogens with zero attached hydrogens (tertiary/aromatic N) is 3. The Kier molecular flexibility index (Phi) is 10.3. The van der Waals surface area contributed by atoms with Gasteiger partial charge < -0.3 is 18.1 Å². The predicted molar refractivity (Wildman–Crippen MR) is 344 cm³/mol. The molecule has 13 aromatic carbocycles. The highest BCUT2D eigenvalue weighted by molar-refractivity contribution is 6.15. The molecule has 0 amide bonds. The van der Waals surface area contributed by atoms with Gasteiger partial charge >= 0.3 is 0 Å². The van der Waals surface area contributed by atoms with E-state index < -0.39 is 0 Å². The molecule has 4 aromatic heterocycles. The van der Waals surface area contributed by atoms with Gasteiger partial charge in [0.05, 0.1) is 38.8 Å². The van der Waals surface area contributed by atoms with Crippen molar-refractivity contribution in [2.45, 2.75) is 0 Å². The fraction of sp³-hybridized carbons (Fsp3) is 0. The number of rotatable bonds is 8. The standard InChI is InChI=1S/C78H49N3O/c1-4-16-50(17-5-1)51-28-36-60(37-29-51)80-74-41-33-56(47-68(74)69-48-57(34-42-75(69)80)58-30-38-64-63-24-12-15-27-77(63)82-78(64)49-58)53-31-39-72(65(44-53)52-18-6-2-7-19-52)81-71-26-14-11-23-62(71)67-46-55(35-43-76(67)81)54-32-40-73-66(45-54)61-22-10-13-25-70(61)79(73)59-20-8-3-9-21-59/h1-49H. The summed E-state index contributed by atoms with van der Waals surface area (Å²) >= 11 is 0. The fourth-order valence-electron chi connectivity index (χ4n) is 13.2. The zero-order valence-corrected chi connectivity index (χ0v) is 44.5. The van der Waals surface area contributed by atoms with Crippen LogP contribution < -0.4 is 0 Å². The SMILES string of the molecule is c1ccc(-c2ccc(-n3c4ccc(-c5ccc(-n6c7ccccc7c7cc(-c8ccc9c(c8)c8ccccc8n9-c8ccccc8)ccc76)c(-c6ccccc6)c5)cc4c4cc(-c5ccc6c(c5)oc5ccccc56)ccc43)cc2)cc1. The molecular formula is C78H49N3O. The summed E-state index contributed by atoms with van der Waals surface area (Å²) in [7, 11) is 0. The van der Waals surface area contributed by atoms with E-state index in [0.717, 1.165) is 88.9 Å². The second-order valence-corrected chi connectivity index (χ2v) is 21.6. The monoisotopic (exact) mass is 1040 g/mol. The lowest BCUT2D eigenvalue weighted by Gasteiger charge is -2.16. The van der Waals surface area contributed by atoms with Crippen LogP contribution in [0.4, 0.5) is 0 Å². The molecule has 0 bridgehead atoms. The summed E-state index contributed by atoms with van der Waals surface area (Å²) in [5.74, 6) is 0. The largest absolute Gasteiger partial charge is 0.456 e. The van der Waals surface area contributed by atoms with Crippen molar-refractivity contribution in [1.82, 2.24) is 13.7 Å². The Morgan fingerprint density at radius 2 is 0.561 bits per heavy atom. The van der Waals surface area contributed by atoms with Gasteiger partial charge in [0.1, 0.15) is 11.2 Å². The van der Waals surface area contributed by atoms with Crippen molar-refractivity contribution in [1.29, 1.82) is 0 Å². The molecule has 82 heavy (non-hydrogen) atoms. The number of furan rings is 1. The van der Waals surface area contributed by atoms with Gasteiger partial charge in [-0.1, -0.05) is 182 Å². The number of benzene rings is 13. The molecule has 4 heteroatoms. The van der Waals surface area contributed by atoms with Gasteiger partial charge in [-0.3, -0.25) is 0 Å². The quantitative estimate of drug-likeness (QED) is 0.149. The molecule has 382 valence electrons. The van der Waals surface area contributed by atoms with E-state index in [9.17, 15) is 0 Å². The first-order valence-electron chi connectivity index (χ1n) is 28.1. The van der Waals surface area contributed by atoms with Crippen LogP contribution >= 0.6 is 0 Å². The van der Waals surface area contributed by atoms with Gasteiger partial charge in [-0.05, 0) is 165 Å². The Bertz CT molecular complexity index is 5370. The maximum Gasteiger partial charge on any atom is 0.136 e. The highest BCUT2D eigenvalue weighted by Gasteiger charge is 2.21. The minimum atomic E-state index is 0.892. The molecule has 0 fully saturated rings. The van der Waals surface area contributed by atoms with Gasteiger partial charge in [0.2, 0.25) is 0 Å². The van der Waals surface area contributed by atoms with Crippen LogP contribution in [0.3, 0.4) is 0 Å². The Labute approximate surface area is 472 Å². The van der Waals surface area contributed by atoms with Crippen LogP contribution in [0.2, 0.25) is 0 Å². The average Bonchev–Trinajstić information content (AvgIpc) is 4.47. The third kappa shape index (κ3) is 7.25. The van der Waals surface area contributed by atoms with Crippen molar-refractivity contribution in [2.75, 3.05) is 0 Å². The minimum Gasteiger partial charge on any atom is -0.456 e. The van der Waals surface area contributed by atoms with Crippen molar-refractivity contribution in [3.05, 3.63) is 297 Å². The van der Waals surface area contributed by atoms with Gasteiger partial charge in [-0.15, -0.1) is 0 Å². The normalized spacial score (nSPS) is 11.9. The summed E-state index contributed by atoms with van der Waals surface area (Å²) in [4.78, 5) is 0. The molecule has 0 atom stereocenters. The van der Waals surface area contributed by atoms with Crippen LogP contribution in [0.15, 0.2) is 302 Å². The molecule has 0 aliphatic heterocycles. The van der Waals surface area contributed by atoms with Crippen LogP contribution in [0.5, 0.6) is 0 Å². The summed E-state index contributed by atoms with van der Waals surface area (Å²) in [6.45, 7) is 0. The van der Waals surface area contributed by atoms with Crippen LogP contribution in [0, 0.1) is 0 Å². The summed E-state index contributed by atoms with van der Waals surface area (Å²) in [6, 6.07) is 109. The molecule has 0 aliphatic carbocycles. The van der Waals surface area contributed by atoms with Crippen molar-refractivity contribution in [3.8, 4) is 72.7 Å². The number of hydrogen-bond acceptors (Lipinski definition) is 1. The highest BCUT2D eigenvalue weighted by atomic mass is 16.3. The first kappa shape index (κ1) is 46.0. The zero-order chi connectivity index (χ0) is 53.8. The van der Waals surface area contributed by atoms with Gasteiger partial charge in [-0.2, -0.15) is 0 Å². The minimum absolute atomic E-state index is 0.892. The number of aromatic nitrogens is 3. The fourth-order valence-corrected chi connectivity index (χ4v) is 13.2. The number of para-hydroxylation sites is 4. The van der Waals surface area contributed by atoms with E-state index in [4.69, 9.17) is 4.42 Å². The van der Waals surface area contributed by atoms with Crippen molar-refractivity contribution in [3.63, 3.8) is 0 Å². The molecule has 0 N–H and O–H groups in total. The lowest BCUT2D eigenvalue weighted by atomic mass is 9.95. The third-order valence-electron chi connectivity index (χ3n) is 17.1. The van der Waals surface area contributed by atoms with Crippen molar-refractivity contribution >= 4 is 87.4 Å².